The third-order valence-electron chi connectivity index (χ3n) is 1.78. The predicted octanol–water partition coefficient (Wildman–Crippen LogP) is 0.0962. The van der Waals surface area contributed by atoms with Gasteiger partial charge in [-0.15, -0.1) is 0 Å². The minimum absolute atomic E-state index is 0.247. The maximum Gasteiger partial charge on any atom is 0.114 e. The second kappa shape index (κ2) is 13.0. The number of rotatable bonds is 8. The third kappa shape index (κ3) is 7.83. The number of aliphatic hydroxyl groups excluding tert-OH is 4. The topological polar surface area (TPSA) is 103 Å². The molecule has 0 heterocycles. The van der Waals surface area contributed by atoms with Crippen molar-refractivity contribution in [2.45, 2.75) is 44.3 Å². The summed E-state index contributed by atoms with van der Waals surface area (Å²) < 4.78 is 12.4. The second-order valence-corrected chi connectivity index (χ2v) is 3.68. The van der Waals surface area contributed by atoms with Crippen molar-refractivity contribution in [1.29, 1.82) is 0 Å². The van der Waals surface area contributed by atoms with Gasteiger partial charge in [-0.25, -0.2) is 0 Å². The van der Waals surface area contributed by atoms with Crippen LogP contribution in [0.3, 0.4) is 0 Å². The highest BCUT2D eigenvalue weighted by Gasteiger charge is 2.31. The Morgan fingerprint density at radius 3 is 2.22 bits per heavy atom. The van der Waals surface area contributed by atoms with Crippen LogP contribution < -0.4 is 0 Å². The van der Waals surface area contributed by atoms with Crippen molar-refractivity contribution in [2.75, 3.05) is 13.2 Å². The maximum atomic E-state index is 12.4. The Labute approximate surface area is 111 Å². The van der Waals surface area contributed by atoms with E-state index in [1.807, 2.05) is 13.8 Å². The van der Waals surface area contributed by atoms with Gasteiger partial charge in [0.05, 0.1) is 25.0 Å². The summed E-state index contributed by atoms with van der Waals surface area (Å²) in [5.74, 6) is 0. The molecule has 0 aliphatic carbocycles. The first-order chi connectivity index (χ1) is 8.58. The summed E-state index contributed by atoms with van der Waals surface area (Å²) in [6.45, 7) is 5.23. The first-order valence-electron chi connectivity index (χ1n) is 5.66. The van der Waals surface area contributed by atoms with Crippen LogP contribution in [0.5, 0.6) is 0 Å². The molecule has 0 saturated heterocycles. The molecule has 8 heteroatoms. The van der Waals surface area contributed by atoms with Crippen molar-refractivity contribution in [2.24, 2.45) is 5.16 Å². The SMILES string of the molecule is CC.CCO/N=C/C(SF)C(O)C(O)C(O)CO. The van der Waals surface area contributed by atoms with Crippen LogP contribution in [0, 0.1) is 0 Å². The zero-order chi connectivity index (χ0) is 14.6. The third-order valence-corrected chi connectivity index (χ3v) is 2.39. The van der Waals surface area contributed by atoms with Gasteiger partial charge in [-0.05, 0) is 6.92 Å². The van der Waals surface area contributed by atoms with Gasteiger partial charge in [0, 0.05) is 0 Å². The number of halogens is 1. The molecule has 0 aromatic heterocycles. The summed E-state index contributed by atoms with van der Waals surface area (Å²) >= 11 is -0.247. The Morgan fingerprint density at radius 1 is 1.28 bits per heavy atom. The molecule has 4 N–H and O–H groups in total. The largest absolute Gasteiger partial charge is 0.396 e. The molecule has 0 spiro atoms. The molecule has 0 aliphatic heterocycles. The Bertz CT molecular complexity index is 211. The van der Waals surface area contributed by atoms with Crippen molar-refractivity contribution < 1.29 is 29.1 Å². The standard InChI is InChI=1S/C8H16FNO5S.C2H6/c1-2-15-10-3-6(16-9)8(14)7(13)5(12)4-11;1-2/h3,5-8,11-14H,2,4H2,1H3;1-2H3/b10-3+;. The average Bonchev–Trinajstić information content (AvgIpc) is 2.43. The van der Waals surface area contributed by atoms with Gasteiger partial charge >= 0.3 is 0 Å². The fourth-order valence-electron chi connectivity index (χ4n) is 0.871. The first-order valence-corrected chi connectivity index (χ1v) is 6.44. The Hall–Kier alpha value is -0.410. The van der Waals surface area contributed by atoms with E-state index in [1.54, 1.807) is 6.92 Å². The highest BCUT2D eigenvalue weighted by Crippen LogP contribution is 2.18. The number of nitrogens with zero attached hydrogens (tertiary/aromatic N) is 1. The zero-order valence-corrected chi connectivity index (χ0v) is 11.5. The van der Waals surface area contributed by atoms with Crippen LogP contribution in [0.1, 0.15) is 20.8 Å². The lowest BCUT2D eigenvalue weighted by molar-refractivity contribution is -0.0719. The average molecular weight is 287 g/mol. The van der Waals surface area contributed by atoms with Gasteiger partial charge in [-0.1, -0.05) is 19.0 Å². The van der Waals surface area contributed by atoms with E-state index in [-0.39, 0.29) is 18.8 Å². The molecule has 0 aromatic rings. The molecular formula is C10H22FNO5S. The monoisotopic (exact) mass is 287 g/mol. The summed E-state index contributed by atoms with van der Waals surface area (Å²) in [6, 6.07) is 0. The van der Waals surface area contributed by atoms with Gasteiger partial charge in [0.2, 0.25) is 0 Å². The van der Waals surface area contributed by atoms with Crippen molar-refractivity contribution in [1.82, 2.24) is 0 Å². The molecule has 0 radical (unpaired) electrons. The van der Waals surface area contributed by atoms with E-state index < -0.39 is 30.2 Å². The van der Waals surface area contributed by atoms with Crippen molar-refractivity contribution >= 4 is 18.4 Å². The van der Waals surface area contributed by atoms with Gasteiger partial charge in [0.1, 0.15) is 30.2 Å². The highest BCUT2D eigenvalue weighted by molar-refractivity contribution is 7.95. The first kappa shape index (κ1) is 19.9. The molecular weight excluding hydrogens is 265 g/mol. The summed E-state index contributed by atoms with van der Waals surface area (Å²) in [4.78, 5) is 4.57. The van der Waals surface area contributed by atoms with E-state index in [0.29, 0.717) is 0 Å². The summed E-state index contributed by atoms with van der Waals surface area (Å²) in [7, 11) is 0. The van der Waals surface area contributed by atoms with Crippen molar-refractivity contribution in [3.05, 3.63) is 0 Å². The minimum Gasteiger partial charge on any atom is -0.396 e. The van der Waals surface area contributed by atoms with E-state index in [1.165, 1.54) is 0 Å². The van der Waals surface area contributed by atoms with Crippen LogP contribution >= 0.6 is 12.1 Å². The van der Waals surface area contributed by atoms with Gasteiger partial charge in [0.25, 0.3) is 0 Å². The van der Waals surface area contributed by atoms with Crippen molar-refractivity contribution in [3.8, 4) is 0 Å². The second-order valence-electron chi connectivity index (χ2n) is 2.96. The molecule has 6 nitrogen and oxygen atoms in total. The van der Waals surface area contributed by atoms with Crippen molar-refractivity contribution in [3.63, 3.8) is 0 Å². The quantitative estimate of drug-likeness (QED) is 0.373. The Kier molecular flexibility index (Phi) is 14.4. The molecule has 0 bridgehead atoms. The molecule has 0 aliphatic rings. The van der Waals surface area contributed by atoms with Gasteiger partial charge in [-0.2, -0.15) is 3.89 Å². The lowest BCUT2D eigenvalue weighted by atomic mass is 10.1. The van der Waals surface area contributed by atoms with E-state index in [9.17, 15) is 14.1 Å². The number of hydrogen-bond donors (Lipinski definition) is 4. The van der Waals surface area contributed by atoms with Crippen LogP contribution in [0.15, 0.2) is 5.16 Å². The number of oxime groups is 1. The Morgan fingerprint density at radius 2 is 1.83 bits per heavy atom. The minimum atomic E-state index is -1.66. The lowest BCUT2D eigenvalue weighted by Gasteiger charge is -2.23. The molecule has 4 atom stereocenters. The fourth-order valence-corrected chi connectivity index (χ4v) is 1.23. The van der Waals surface area contributed by atoms with E-state index in [2.05, 4.69) is 9.99 Å². The molecule has 0 rings (SSSR count). The van der Waals surface area contributed by atoms with Gasteiger partial charge in [0.15, 0.2) is 0 Å². The van der Waals surface area contributed by atoms with Crippen LogP contribution in [-0.2, 0) is 4.84 Å². The predicted molar refractivity (Wildman–Crippen MR) is 69.1 cm³/mol. The molecule has 0 aromatic carbocycles. The van der Waals surface area contributed by atoms with Crippen LogP contribution in [0.2, 0.25) is 0 Å². The fraction of sp³-hybridized carbons (Fsp3) is 0.900. The van der Waals surface area contributed by atoms with E-state index in [0.717, 1.165) is 6.21 Å². The van der Waals surface area contributed by atoms with E-state index >= 15 is 0 Å². The molecule has 18 heavy (non-hydrogen) atoms. The zero-order valence-electron chi connectivity index (χ0n) is 10.7. The van der Waals surface area contributed by atoms with Gasteiger partial charge in [-0.3, -0.25) is 0 Å². The summed E-state index contributed by atoms with van der Waals surface area (Å²) in [6.07, 6.45) is -3.82. The summed E-state index contributed by atoms with van der Waals surface area (Å²) in [5.41, 5.74) is 0. The highest BCUT2D eigenvalue weighted by atomic mass is 32.2. The molecule has 0 amide bonds. The normalized spacial score (nSPS) is 17.6. The molecule has 4 unspecified atom stereocenters. The van der Waals surface area contributed by atoms with Crippen LogP contribution in [-0.4, -0.2) is 63.4 Å². The van der Waals surface area contributed by atoms with Gasteiger partial charge < -0.3 is 25.3 Å². The van der Waals surface area contributed by atoms with Crippen LogP contribution in [0.25, 0.3) is 0 Å². The molecule has 0 fully saturated rings. The molecule has 110 valence electrons. The molecule has 0 saturated carbocycles. The maximum absolute atomic E-state index is 12.4. The lowest BCUT2D eigenvalue weighted by Crippen LogP contribution is -2.45. The number of aliphatic hydroxyl groups is 4. The smallest absolute Gasteiger partial charge is 0.114 e. The van der Waals surface area contributed by atoms with E-state index in [4.69, 9.17) is 10.2 Å². The Balaban J connectivity index is 0. The van der Waals surface area contributed by atoms with Crippen LogP contribution in [0.4, 0.5) is 3.89 Å². The number of hydrogen-bond acceptors (Lipinski definition) is 7. The summed E-state index contributed by atoms with van der Waals surface area (Å²) in [5, 5.41) is 38.5.